The molecule has 1 aromatic heterocycles. The standard InChI is InChI=1S/C14H23ClN2OS/c1-14(18,9-17(2)3)8-16-11-5-4-6-12-10(11)7-13(15)19-12/h7,11,16,18H,4-6,8-9H2,1-3H3. The summed E-state index contributed by atoms with van der Waals surface area (Å²) in [5, 5.41) is 13.8. The summed E-state index contributed by atoms with van der Waals surface area (Å²) >= 11 is 7.80. The molecular weight excluding hydrogens is 280 g/mol. The van der Waals surface area contributed by atoms with Gasteiger partial charge in [0.1, 0.15) is 0 Å². The molecule has 0 aliphatic heterocycles. The van der Waals surface area contributed by atoms with Crippen molar-refractivity contribution >= 4 is 22.9 Å². The van der Waals surface area contributed by atoms with Crippen LogP contribution in [0.5, 0.6) is 0 Å². The van der Waals surface area contributed by atoms with E-state index in [9.17, 15) is 5.11 Å². The number of thiophene rings is 1. The fourth-order valence-electron chi connectivity index (χ4n) is 2.81. The second kappa shape index (κ2) is 6.10. The lowest BCUT2D eigenvalue weighted by atomic mass is 9.93. The number of likely N-dealkylation sites (N-methyl/N-ethyl adjacent to an activating group) is 1. The Labute approximate surface area is 124 Å². The molecule has 2 unspecified atom stereocenters. The number of hydrogen-bond donors (Lipinski definition) is 2. The van der Waals surface area contributed by atoms with Crippen molar-refractivity contribution in [2.75, 3.05) is 27.2 Å². The van der Waals surface area contributed by atoms with Crippen LogP contribution >= 0.6 is 22.9 Å². The predicted octanol–water partition coefficient (Wildman–Crippen LogP) is 2.68. The molecule has 2 rings (SSSR count). The van der Waals surface area contributed by atoms with Crippen molar-refractivity contribution in [1.29, 1.82) is 0 Å². The van der Waals surface area contributed by atoms with Crippen LogP contribution in [0, 0.1) is 0 Å². The summed E-state index contributed by atoms with van der Waals surface area (Å²) in [5.41, 5.74) is 0.628. The highest BCUT2D eigenvalue weighted by Gasteiger charge is 2.26. The lowest BCUT2D eigenvalue weighted by Gasteiger charge is -2.31. The summed E-state index contributed by atoms with van der Waals surface area (Å²) in [5.74, 6) is 0. The smallest absolute Gasteiger partial charge is 0.0934 e. The SMILES string of the molecule is CN(C)CC(C)(O)CNC1CCCc2sc(Cl)cc21. The molecule has 1 aliphatic carbocycles. The van der Waals surface area contributed by atoms with Crippen LogP contribution in [-0.4, -0.2) is 42.8 Å². The van der Waals surface area contributed by atoms with E-state index >= 15 is 0 Å². The number of aryl methyl sites for hydroxylation is 1. The maximum Gasteiger partial charge on any atom is 0.0934 e. The first-order chi connectivity index (χ1) is 8.87. The Kier molecular flexibility index (Phi) is 4.90. The lowest BCUT2D eigenvalue weighted by molar-refractivity contribution is 0.0308. The van der Waals surface area contributed by atoms with Gasteiger partial charge in [0.05, 0.1) is 9.94 Å². The second-order valence-corrected chi connectivity index (χ2v) is 7.76. The molecular formula is C14H23ClN2OS. The zero-order valence-corrected chi connectivity index (χ0v) is 13.4. The van der Waals surface area contributed by atoms with Gasteiger partial charge in [-0.15, -0.1) is 11.3 Å². The van der Waals surface area contributed by atoms with Crippen molar-refractivity contribution in [2.24, 2.45) is 0 Å². The number of rotatable bonds is 5. The van der Waals surface area contributed by atoms with Crippen molar-refractivity contribution < 1.29 is 5.11 Å². The normalized spacial score (nSPS) is 22.3. The molecule has 108 valence electrons. The Balaban J connectivity index is 1.97. The van der Waals surface area contributed by atoms with Crippen LogP contribution in [-0.2, 0) is 6.42 Å². The van der Waals surface area contributed by atoms with E-state index in [4.69, 9.17) is 11.6 Å². The third-order valence-electron chi connectivity index (χ3n) is 3.47. The largest absolute Gasteiger partial charge is 0.388 e. The van der Waals surface area contributed by atoms with Crippen LogP contribution in [0.25, 0.3) is 0 Å². The molecule has 1 aliphatic rings. The van der Waals surface area contributed by atoms with Gasteiger partial charge in [-0.1, -0.05) is 11.6 Å². The Morgan fingerprint density at radius 2 is 2.32 bits per heavy atom. The van der Waals surface area contributed by atoms with Crippen LogP contribution < -0.4 is 5.32 Å². The Morgan fingerprint density at radius 1 is 1.58 bits per heavy atom. The summed E-state index contributed by atoms with van der Waals surface area (Å²) in [4.78, 5) is 3.41. The first-order valence-electron chi connectivity index (χ1n) is 6.76. The Bertz CT molecular complexity index is 431. The van der Waals surface area contributed by atoms with E-state index in [0.29, 0.717) is 19.1 Å². The topological polar surface area (TPSA) is 35.5 Å². The molecule has 5 heteroatoms. The molecule has 0 amide bonds. The third kappa shape index (κ3) is 4.17. The van der Waals surface area contributed by atoms with Crippen LogP contribution in [0.1, 0.15) is 36.2 Å². The summed E-state index contributed by atoms with van der Waals surface area (Å²) in [6.07, 6.45) is 3.45. The molecule has 1 aromatic rings. The van der Waals surface area contributed by atoms with Gasteiger partial charge >= 0.3 is 0 Å². The number of fused-ring (bicyclic) bond motifs is 1. The number of halogens is 1. The summed E-state index contributed by atoms with van der Waals surface area (Å²) in [6, 6.07) is 2.42. The van der Waals surface area contributed by atoms with Gasteiger partial charge in [0.25, 0.3) is 0 Å². The predicted molar refractivity (Wildman–Crippen MR) is 82.2 cm³/mol. The quantitative estimate of drug-likeness (QED) is 0.878. The highest BCUT2D eigenvalue weighted by Crippen LogP contribution is 2.37. The molecule has 3 nitrogen and oxygen atoms in total. The highest BCUT2D eigenvalue weighted by molar-refractivity contribution is 7.16. The van der Waals surface area contributed by atoms with Gasteiger partial charge in [-0.3, -0.25) is 0 Å². The third-order valence-corrected chi connectivity index (χ3v) is 4.81. The van der Waals surface area contributed by atoms with E-state index in [1.807, 2.05) is 25.9 Å². The monoisotopic (exact) mass is 302 g/mol. The fourth-order valence-corrected chi connectivity index (χ4v) is 4.20. The van der Waals surface area contributed by atoms with Crippen LogP contribution in [0.15, 0.2) is 6.07 Å². The van der Waals surface area contributed by atoms with Crippen LogP contribution in [0.4, 0.5) is 0 Å². The minimum atomic E-state index is -0.707. The van der Waals surface area contributed by atoms with Gasteiger partial charge < -0.3 is 15.3 Å². The molecule has 0 fully saturated rings. The van der Waals surface area contributed by atoms with E-state index in [1.165, 1.54) is 16.9 Å². The van der Waals surface area contributed by atoms with Crippen molar-refractivity contribution in [3.8, 4) is 0 Å². The number of nitrogens with zero attached hydrogens (tertiary/aromatic N) is 1. The van der Waals surface area contributed by atoms with Crippen molar-refractivity contribution in [3.05, 3.63) is 20.8 Å². The fraction of sp³-hybridized carbons (Fsp3) is 0.714. The summed E-state index contributed by atoms with van der Waals surface area (Å²) in [6.45, 7) is 3.14. The highest BCUT2D eigenvalue weighted by atomic mass is 35.5. The Morgan fingerprint density at radius 3 is 3.00 bits per heavy atom. The first-order valence-corrected chi connectivity index (χ1v) is 7.95. The minimum Gasteiger partial charge on any atom is -0.388 e. The molecule has 2 N–H and O–H groups in total. The number of aliphatic hydroxyl groups is 1. The zero-order valence-electron chi connectivity index (χ0n) is 11.9. The molecule has 0 spiro atoms. The van der Waals surface area contributed by atoms with E-state index in [0.717, 1.165) is 17.2 Å². The molecule has 0 bridgehead atoms. The average molecular weight is 303 g/mol. The molecule has 1 heterocycles. The van der Waals surface area contributed by atoms with Gasteiger partial charge in [0.2, 0.25) is 0 Å². The van der Waals surface area contributed by atoms with Crippen molar-refractivity contribution in [1.82, 2.24) is 10.2 Å². The van der Waals surface area contributed by atoms with E-state index in [-0.39, 0.29) is 0 Å². The summed E-state index contributed by atoms with van der Waals surface area (Å²) in [7, 11) is 3.96. The number of nitrogens with one attached hydrogen (secondary N) is 1. The molecule has 2 atom stereocenters. The minimum absolute atomic E-state index is 0.334. The molecule has 19 heavy (non-hydrogen) atoms. The van der Waals surface area contributed by atoms with Crippen LogP contribution in [0.2, 0.25) is 4.34 Å². The molecule has 0 saturated carbocycles. The average Bonchev–Trinajstić information content (AvgIpc) is 2.65. The second-order valence-electron chi connectivity index (χ2n) is 5.99. The summed E-state index contributed by atoms with van der Waals surface area (Å²) < 4.78 is 0.874. The van der Waals surface area contributed by atoms with Gasteiger partial charge in [-0.25, -0.2) is 0 Å². The van der Waals surface area contributed by atoms with Crippen molar-refractivity contribution in [2.45, 2.75) is 37.8 Å². The zero-order chi connectivity index (χ0) is 14.0. The van der Waals surface area contributed by atoms with E-state index < -0.39 is 5.60 Å². The molecule has 0 radical (unpaired) electrons. The van der Waals surface area contributed by atoms with Gasteiger partial charge in [0.15, 0.2) is 0 Å². The van der Waals surface area contributed by atoms with Crippen LogP contribution in [0.3, 0.4) is 0 Å². The van der Waals surface area contributed by atoms with E-state index in [1.54, 1.807) is 11.3 Å². The Hall–Kier alpha value is -0.130. The maximum atomic E-state index is 10.3. The van der Waals surface area contributed by atoms with Crippen molar-refractivity contribution in [3.63, 3.8) is 0 Å². The number of hydrogen-bond acceptors (Lipinski definition) is 4. The van der Waals surface area contributed by atoms with Gasteiger partial charge in [-0.2, -0.15) is 0 Å². The van der Waals surface area contributed by atoms with E-state index in [2.05, 4.69) is 11.4 Å². The van der Waals surface area contributed by atoms with Gasteiger partial charge in [0, 0.05) is 24.0 Å². The first kappa shape index (κ1) is 15.3. The van der Waals surface area contributed by atoms with Gasteiger partial charge in [-0.05, 0) is 51.9 Å². The lowest BCUT2D eigenvalue weighted by Crippen LogP contribution is -2.46. The molecule has 0 aromatic carbocycles. The molecule has 0 saturated heterocycles. The maximum absolute atomic E-state index is 10.3.